The normalized spacial score (nSPS) is 10.7. The summed E-state index contributed by atoms with van der Waals surface area (Å²) in [5.74, 6) is 1.10. The molecule has 0 heterocycles. The van der Waals surface area contributed by atoms with Crippen LogP contribution in [0, 0.1) is 11.3 Å². The number of methoxy groups -OCH3 is 2. The van der Waals surface area contributed by atoms with Crippen molar-refractivity contribution >= 4 is 5.91 Å². The number of benzene rings is 2. The molecule has 2 aromatic rings. The van der Waals surface area contributed by atoms with E-state index in [9.17, 15) is 15.2 Å². The Balaban J connectivity index is 1.79. The number of aromatic hydroxyl groups is 1. The number of nitrogens with one attached hydrogen (secondary N) is 2. The summed E-state index contributed by atoms with van der Waals surface area (Å²) < 4.78 is 10.5. The molecule has 152 valence electrons. The Kier molecular flexibility index (Phi) is 8.39. The molecule has 0 saturated heterocycles. The zero-order chi connectivity index (χ0) is 21.1. The molecule has 7 nitrogen and oxygen atoms in total. The van der Waals surface area contributed by atoms with E-state index in [1.165, 1.54) is 6.20 Å². The first kappa shape index (κ1) is 21.6. The number of ether oxygens (including phenoxy) is 2. The van der Waals surface area contributed by atoms with Gasteiger partial charge in [0.1, 0.15) is 17.4 Å². The van der Waals surface area contributed by atoms with Gasteiger partial charge >= 0.3 is 0 Å². The number of phenols is 1. The molecule has 0 atom stereocenters. The monoisotopic (exact) mass is 395 g/mol. The second-order valence-corrected chi connectivity index (χ2v) is 6.24. The van der Waals surface area contributed by atoms with E-state index in [1.54, 1.807) is 38.5 Å². The van der Waals surface area contributed by atoms with Crippen molar-refractivity contribution in [1.82, 2.24) is 10.6 Å². The van der Waals surface area contributed by atoms with Crippen LogP contribution in [-0.4, -0.2) is 38.3 Å². The molecule has 0 saturated carbocycles. The fraction of sp³-hybridized carbons (Fsp3) is 0.273. The van der Waals surface area contributed by atoms with Crippen molar-refractivity contribution in [1.29, 1.82) is 5.26 Å². The largest absolute Gasteiger partial charge is 0.508 e. The molecular weight excluding hydrogens is 370 g/mol. The minimum Gasteiger partial charge on any atom is -0.508 e. The van der Waals surface area contributed by atoms with Gasteiger partial charge in [0.2, 0.25) is 0 Å². The average Bonchev–Trinajstić information content (AvgIpc) is 2.74. The molecule has 0 aliphatic rings. The summed E-state index contributed by atoms with van der Waals surface area (Å²) >= 11 is 0. The molecule has 0 fully saturated rings. The summed E-state index contributed by atoms with van der Waals surface area (Å²) in [6.07, 6.45) is 2.73. The van der Waals surface area contributed by atoms with E-state index < -0.39 is 5.91 Å². The molecule has 2 aromatic carbocycles. The number of nitriles is 1. The molecule has 0 aliphatic heterocycles. The molecule has 3 N–H and O–H groups in total. The number of hydrogen-bond donors (Lipinski definition) is 3. The van der Waals surface area contributed by atoms with Crippen LogP contribution in [0.3, 0.4) is 0 Å². The number of carbonyl (C=O) groups excluding carboxylic acids is 1. The highest BCUT2D eigenvalue weighted by Gasteiger charge is 2.08. The Morgan fingerprint density at radius 1 is 1.03 bits per heavy atom. The van der Waals surface area contributed by atoms with Crippen LogP contribution in [0.2, 0.25) is 0 Å². The number of amides is 1. The summed E-state index contributed by atoms with van der Waals surface area (Å²) in [5, 5.41) is 24.2. The Morgan fingerprint density at radius 2 is 1.69 bits per heavy atom. The molecule has 7 heteroatoms. The molecular formula is C22H25N3O4. The van der Waals surface area contributed by atoms with E-state index in [0.717, 1.165) is 11.1 Å². The van der Waals surface area contributed by atoms with E-state index in [0.29, 0.717) is 37.4 Å². The number of phenolic OH excluding ortho intramolecular Hbond substituents is 1. The molecule has 1 amide bonds. The van der Waals surface area contributed by atoms with E-state index in [4.69, 9.17) is 9.47 Å². The third kappa shape index (κ3) is 6.78. The van der Waals surface area contributed by atoms with Gasteiger partial charge in [0, 0.05) is 19.3 Å². The van der Waals surface area contributed by atoms with Gasteiger partial charge in [0.05, 0.1) is 14.2 Å². The predicted molar refractivity (Wildman–Crippen MR) is 110 cm³/mol. The van der Waals surface area contributed by atoms with Gasteiger partial charge in [-0.25, -0.2) is 0 Å². The summed E-state index contributed by atoms with van der Waals surface area (Å²) in [6, 6.07) is 14.4. The van der Waals surface area contributed by atoms with Gasteiger partial charge in [-0.2, -0.15) is 5.26 Å². The van der Waals surface area contributed by atoms with Crippen LogP contribution >= 0.6 is 0 Å². The molecule has 0 aromatic heterocycles. The Labute approximate surface area is 170 Å². The van der Waals surface area contributed by atoms with Crippen molar-refractivity contribution in [3.05, 3.63) is 65.4 Å². The summed E-state index contributed by atoms with van der Waals surface area (Å²) in [5.41, 5.74) is 2.04. The first-order valence-corrected chi connectivity index (χ1v) is 9.18. The molecule has 0 radical (unpaired) electrons. The third-order valence-electron chi connectivity index (χ3n) is 4.25. The number of nitrogens with zero attached hydrogens (tertiary/aromatic N) is 1. The first-order valence-electron chi connectivity index (χ1n) is 9.18. The highest BCUT2D eigenvalue weighted by molar-refractivity contribution is 5.97. The van der Waals surface area contributed by atoms with Gasteiger partial charge in [-0.3, -0.25) is 4.79 Å². The number of carbonyl (C=O) groups is 1. The highest BCUT2D eigenvalue weighted by atomic mass is 16.5. The van der Waals surface area contributed by atoms with E-state index >= 15 is 0 Å². The zero-order valence-corrected chi connectivity index (χ0v) is 16.6. The zero-order valence-electron chi connectivity index (χ0n) is 16.6. The van der Waals surface area contributed by atoms with Crippen LogP contribution in [0.4, 0.5) is 0 Å². The fourth-order valence-corrected chi connectivity index (χ4v) is 2.65. The van der Waals surface area contributed by atoms with Crippen molar-refractivity contribution < 1.29 is 19.4 Å². The lowest BCUT2D eigenvalue weighted by atomic mass is 10.1. The molecule has 0 spiro atoms. The quantitative estimate of drug-likeness (QED) is 0.324. The van der Waals surface area contributed by atoms with Crippen molar-refractivity contribution in [2.75, 3.05) is 27.3 Å². The Bertz CT molecular complexity index is 886. The minimum absolute atomic E-state index is 0.0167. The van der Waals surface area contributed by atoms with Crippen LogP contribution in [0.5, 0.6) is 17.2 Å². The van der Waals surface area contributed by atoms with Gasteiger partial charge in [-0.15, -0.1) is 0 Å². The van der Waals surface area contributed by atoms with E-state index in [-0.39, 0.29) is 11.3 Å². The smallest absolute Gasteiger partial charge is 0.263 e. The molecule has 0 aliphatic carbocycles. The fourth-order valence-electron chi connectivity index (χ4n) is 2.65. The van der Waals surface area contributed by atoms with Gasteiger partial charge in [0.25, 0.3) is 5.91 Å². The lowest BCUT2D eigenvalue weighted by molar-refractivity contribution is -0.117. The number of hydrogen-bond acceptors (Lipinski definition) is 6. The Morgan fingerprint density at radius 3 is 2.34 bits per heavy atom. The second kappa shape index (κ2) is 11.2. The predicted octanol–water partition coefficient (Wildman–Crippen LogP) is 2.31. The maximum absolute atomic E-state index is 12.1. The van der Waals surface area contributed by atoms with Gasteiger partial charge in [-0.1, -0.05) is 18.2 Å². The lowest BCUT2D eigenvalue weighted by Gasteiger charge is -2.09. The molecule has 0 bridgehead atoms. The summed E-state index contributed by atoms with van der Waals surface area (Å²) in [6.45, 7) is 0.954. The third-order valence-corrected chi connectivity index (χ3v) is 4.25. The van der Waals surface area contributed by atoms with Gasteiger partial charge < -0.3 is 25.2 Å². The first-order chi connectivity index (χ1) is 14.1. The van der Waals surface area contributed by atoms with E-state index in [1.807, 2.05) is 24.3 Å². The molecule has 0 unspecified atom stereocenters. The van der Waals surface area contributed by atoms with Crippen LogP contribution in [0.15, 0.2) is 54.2 Å². The molecule has 29 heavy (non-hydrogen) atoms. The Hall–Kier alpha value is -3.66. The SMILES string of the molecule is COc1ccc(CCN/C=C(/C#N)C(=O)NCCc2ccc(O)cc2)cc1OC. The van der Waals surface area contributed by atoms with Gasteiger partial charge in [0.15, 0.2) is 11.5 Å². The average molecular weight is 395 g/mol. The molecule has 2 rings (SSSR count). The maximum Gasteiger partial charge on any atom is 0.263 e. The van der Waals surface area contributed by atoms with Crippen LogP contribution < -0.4 is 20.1 Å². The highest BCUT2D eigenvalue weighted by Crippen LogP contribution is 2.27. The lowest BCUT2D eigenvalue weighted by Crippen LogP contribution is -2.27. The maximum atomic E-state index is 12.1. The second-order valence-electron chi connectivity index (χ2n) is 6.24. The van der Waals surface area contributed by atoms with Gasteiger partial charge in [-0.05, 0) is 48.2 Å². The van der Waals surface area contributed by atoms with Crippen LogP contribution in [0.1, 0.15) is 11.1 Å². The topological polar surface area (TPSA) is 104 Å². The van der Waals surface area contributed by atoms with Crippen molar-refractivity contribution in [2.24, 2.45) is 0 Å². The van der Waals surface area contributed by atoms with E-state index in [2.05, 4.69) is 10.6 Å². The standard InChI is InChI=1S/C22H25N3O4/c1-28-20-8-5-17(13-21(20)29-2)9-11-24-15-18(14-23)22(27)25-12-10-16-3-6-19(26)7-4-16/h3-8,13,15,24,26H,9-12H2,1-2H3,(H,25,27)/b18-15-. The van der Waals surface area contributed by atoms with Crippen molar-refractivity contribution in [3.8, 4) is 23.3 Å². The summed E-state index contributed by atoms with van der Waals surface area (Å²) in [7, 11) is 3.17. The van der Waals surface area contributed by atoms with Crippen LogP contribution in [0.25, 0.3) is 0 Å². The van der Waals surface area contributed by atoms with Crippen molar-refractivity contribution in [2.45, 2.75) is 12.8 Å². The minimum atomic E-state index is -0.426. The summed E-state index contributed by atoms with van der Waals surface area (Å²) in [4.78, 5) is 12.1. The van der Waals surface area contributed by atoms with Crippen molar-refractivity contribution in [3.63, 3.8) is 0 Å². The van der Waals surface area contributed by atoms with Crippen LogP contribution in [-0.2, 0) is 17.6 Å². The number of rotatable bonds is 10.